The van der Waals surface area contributed by atoms with Gasteiger partial charge >= 0.3 is 12.1 Å². The third-order valence-electron chi connectivity index (χ3n) is 1.98. The third kappa shape index (κ3) is 7.65. The van der Waals surface area contributed by atoms with Gasteiger partial charge in [-0.25, -0.2) is 4.79 Å². The van der Waals surface area contributed by atoms with Crippen molar-refractivity contribution in [2.24, 2.45) is 0 Å². The first kappa shape index (κ1) is 16.4. The summed E-state index contributed by atoms with van der Waals surface area (Å²) in [4.78, 5) is 34.5. The molecule has 0 unspecified atom stereocenters. The average Bonchev–Trinajstić information content (AvgIpc) is 2.26. The molecule has 0 rings (SSSR count). The summed E-state index contributed by atoms with van der Waals surface area (Å²) in [5.74, 6) is -0.408. The van der Waals surface area contributed by atoms with Crippen molar-refractivity contribution in [1.82, 2.24) is 4.90 Å². The van der Waals surface area contributed by atoms with Crippen molar-refractivity contribution in [3.8, 4) is 0 Å². The van der Waals surface area contributed by atoms with Crippen LogP contribution in [-0.2, 0) is 19.1 Å². The summed E-state index contributed by atoms with van der Waals surface area (Å²) in [6.07, 6.45) is 0.470. The van der Waals surface area contributed by atoms with E-state index in [1.807, 2.05) is 0 Å². The van der Waals surface area contributed by atoms with Gasteiger partial charge in [0.05, 0.1) is 13.5 Å². The number of hydrogen-bond donors (Lipinski definition) is 0. The highest BCUT2D eigenvalue weighted by atomic mass is 16.6. The van der Waals surface area contributed by atoms with Crippen LogP contribution in [0.15, 0.2) is 0 Å². The number of carbonyl (C=O) groups is 3. The van der Waals surface area contributed by atoms with E-state index in [0.29, 0.717) is 0 Å². The van der Waals surface area contributed by atoms with Crippen LogP contribution in [0.4, 0.5) is 4.79 Å². The lowest BCUT2D eigenvalue weighted by molar-refractivity contribution is -0.140. The summed E-state index contributed by atoms with van der Waals surface area (Å²) in [6, 6.07) is 0. The molecule has 0 fully saturated rings. The number of amides is 1. The summed E-state index contributed by atoms with van der Waals surface area (Å²) in [7, 11) is 1.28. The molecule has 18 heavy (non-hydrogen) atoms. The van der Waals surface area contributed by atoms with Gasteiger partial charge in [-0.1, -0.05) is 0 Å². The first-order chi connectivity index (χ1) is 8.30. The second-order valence-corrected chi connectivity index (χ2v) is 4.75. The Labute approximate surface area is 107 Å². The van der Waals surface area contributed by atoms with E-state index in [4.69, 9.17) is 4.74 Å². The zero-order chi connectivity index (χ0) is 14.2. The molecule has 0 aliphatic rings. The number of rotatable bonds is 6. The van der Waals surface area contributed by atoms with E-state index in [9.17, 15) is 14.4 Å². The van der Waals surface area contributed by atoms with Crippen LogP contribution in [0.2, 0.25) is 0 Å². The van der Waals surface area contributed by atoms with Crippen LogP contribution in [0, 0.1) is 0 Å². The summed E-state index contributed by atoms with van der Waals surface area (Å²) < 4.78 is 9.68. The highest BCUT2D eigenvalue weighted by Crippen LogP contribution is 2.10. The van der Waals surface area contributed by atoms with Crippen LogP contribution < -0.4 is 0 Å². The molecule has 0 bridgehead atoms. The Hall–Kier alpha value is -1.59. The number of ether oxygens (including phenoxy) is 2. The summed E-state index contributed by atoms with van der Waals surface area (Å²) in [5, 5.41) is 0. The lowest BCUT2D eigenvalue weighted by Gasteiger charge is -2.26. The zero-order valence-corrected chi connectivity index (χ0v) is 11.4. The van der Waals surface area contributed by atoms with E-state index in [2.05, 4.69) is 4.74 Å². The predicted octanol–water partition coefficient (Wildman–Crippen LogP) is 1.38. The van der Waals surface area contributed by atoms with Crippen LogP contribution in [0.5, 0.6) is 0 Å². The molecule has 1 amide bonds. The Bertz CT molecular complexity index is 295. The highest BCUT2D eigenvalue weighted by molar-refractivity contribution is 5.72. The normalized spacial score (nSPS) is 10.7. The smallest absolute Gasteiger partial charge is 0.410 e. The summed E-state index contributed by atoms with van der Waals surface area (Å²) in [5.41, 5.74) is -0.609. The Balaban J connectivity index is 4.41. The van der Waals surface area contributed by atoms with Gasteiger partial charge in [-0.05, 0) is 20.8 Å². The number of aldehydes is 1. The van der Waals surface area contributed by atoms with Crippen molar-refractivity contribution in [2.45, 2.75) is 39.2 Å². The Kier molecular flexibility index (Phi) is 7.00. The number of nitrogens with zero attached hydrogens (tertiary/aromatic N) is 1. The molecule has 0 N–H and O–H groups in total. The molecule has 0 saturated heterocycles. The van der Waals surface area contributed by atoms with E-state index in [0.717, 1.165) is 6.29 Å². The van der Waals surface area contributed by atoms with Gasteiger partial charge in [0, 0.05) is 19.5 Å². The van der Waals surface area contributed by atoms with Gasteiger partial charge < -0.3 is 19.2 Å². The average molecular weight is 259 g/mol. The minimum Gasteiger partial charge on any atom is -0.469 e. The van der Waals surface area contributed by atoms with Crippen molar-refractivity contribution in [1.29, 1.82) is 0 Å². The van der Waals surface area contributed by atoms with E-state index in [-0.39, 0.29) is 25.9 Å². The summed E-state index contributed by atoms with van der Waals surface area (Å²) >= 11 is 0. The number of esters is 1. The minimum absolute atomic E-state index is 0.0780. The van der Waals surface area contributed by atoms with Crippen molar-refractivity contribution in [3.05, 3.63) is 0 Å². The van der Waals surface area contributed by atoms with E-state index >= 15 is 0 Å². The van der Waals surface area contributed by atoms with E-state index in [1.54, 1.807) is 20.8 Å². The van der Waals surface area contributed by atoms with Crippen molar-refractivity contribution < 1.29 is 23.9 Å². The second kappa shape index (κ2) is 7.68. The summed E-state index contributed by atoms with van der Waals surface area (Å²) in [6.45, 7) is 5.67. The predicted molar refractivity (Wildman–Crippen MR) is 65.1 cm³/mol. The molecule has 0 saturated carbocycles. The molecule has 0 atom stereocenters. The Morgan fingerprint density at radius 3 is 2.28 bits per heavy atom. The van der Waals surface area contributed by atoms with E-state index in [1.165, 1.54) is 12.0 Å². The minimum atomic E-state index is -0.609. The third-order valence-corrected chi connectivity index (χ3v) is 1.98. The topological polar surface area (TPSA) is 72.9 Å². The van der Waals surface area contributed by atoms with Crippen molar-refractivity contribution in [2.75, 3.05) is 20.2 Å². The fraction of sp³-hybridized carbons (Fsp3) is 0.750. The van der Waals surface area contributed by atoms with Crippen molar-refractivity contribution >= 4 is 18.3 Å². The molecule has 6 nitrogen and oxygen atoms in total. The van der Waals surface area contributed by atoms with Gasteiger partial charge in [-0.3, -0.25) is 4.79 Å². The quantitative estimate of drug-likeness (QED) is 0.532. The maximum Gasteiger partial charge on any atom is 0.410 e. The fourth-order valence-corrected chi connectivity index (χ4v) is 1.16. The van der Waals surface area contributed by atoms with Crippen LogP contribution >= 0.6 is 0 Å². The lowest BCUT2D eigenvalue weighted by Crippen LogP contribution is -2.38. The maximum atomic E-state index is 11.8. The standard InChI is InChI=1S/C12H21NO5/c1-12(2,3)18-11(16)13(7-5-9-14)8-6-10(15)17-4/h9H,5-8H2,1-4H3. The fourth-order valence-electron chi connectivity index (χ4n) is 1.16. The highest BCUT2D eigenvalue weighted by Gasteiger charge is 2.22. The molecule has 0 radical (unpaired) electrons. The lowest BCUT2D eigenvalue weighted by atomic mass is 10.2. The van der Waals surface area contributed by atoms with Gasteiger partial charge in [0.25, 0.3) is 0 Å². The maximum absolute atomic E-state index is 11.8. The van der Waals surface area contributed by atoms with Crippen LogP contribution in [0.25, 0.3) is 0 Å². The molecular weight excluding hydrogens is 238 g/mol. The van der Waals surface area contributed by atoms with Gasteiger partial charge in [0.1, 0.15) is 11.9 Å². The van der Waals surface area contributed by atoms with Crippen LogP contribution in [0.1, 0.15) is 33.6 Å². The Morgan fingerprint density at radius 1 is 1.22 bits per heavy atom. The van der Waals surface area contributed by atoms with E-state index < -0.39 is 17.7 Å². The molecule has 6 heteroatoms. The molecule has 0 aliphatic heterocycles. The zero-order valence-electron chi connectivity index (χ0n) is 11.4. The largest absolute Gasteiger partial charge is 0.469 e. The van der Waals surface area contributed by atoms with Gasteiger partial charge in [-0.2, -0.15) is 0 Å². The molecule has 0 aromatic rings. The number of methoxy groups -OCH3 is 1. The first-order valence-electron chi connectivity index (χ1n) is 5.78. The van der Waals surface area contributed by atoms with Gasteiger partial charge in [0.15, 0.2) is 0 Å². The Morgan fingerprint density at radius 2 is 1.83 bits per heavy atom. The molecule has 0 spiro atoms. The molecule has 0 aromatic heterocycles. The van der Waals surface area contributed by atoms with Crippen LogP contribution in [0.3, 0.4) is 0 Å². The monoisotopic (exact) mass is 259 g/mol. The number of carbonyl (C=O) groups excluding carboxylic acids is 3. The van der Waals surface area contributed by atoms with Crippen LogP contribution in [-0.4, -0.2) is 49.0 Å². The SMILES string of the molecule is COC(=O)CCN(CCC=O)C(=O)OC(C)(C)C. The first-order valence-corrected chi connectivity index (χ1v) is 5.78. The molecule has 0 heterocycles. The van der Waals surface area contributed by atoms with Gasteiger partial charge in [-0.15, -0.1) is 0 Å². The van der Waals surface area contributed by atoms with Gasteiger partial charge in [0.2, 0.25) is 0 Å². The molecule has 0 aliphatic carbocycles. The molecule has 0 aromatic carbocycles. The number of hydrogen-bond acceptors (Lipinski definition) is 5. The molecule has 104 valence electrons. The second-order valence-electron chi connectivity index (χ2n) is 4.75. The molecular formula is C12H21NO5. The van der Waals surface area contributed by atoms with Crippen molar-refractivity contribution in [3.63, 3.8) is 0 Å².